The van der Waals surface area contributed by atoms with E-state index in [1.54, 1.807) is 24.4 Å². The van der Waals surface area contributed by atoms with Crippen LogP contribution >= 0.6 is 11.6 Å². The zero-order valence-corrected chi connectivity index (χ0v) is 14.8. The van der Waals surface area contributed by atoms with E-state index in [0.717, 1.165) is 0 Å². The van der Waals surface area contributed by atoms with E-state index in [-0.39, 0.29) is 16.7 Å². The summed E-state index contributed by atoms with van der Waals surface area (Å²) >= 11 is 6.07. The minimum Gasteiger partial charge on any atom is -0.486 e. The highest BCUT2D eigenvalue weighted by molar-refractivity contribution is 6.33. The molecule has 26 heavy (non-hydrogen) atoms. The largest absolute Gasteiger partial charge is 0.486 e. The van der Waals surface area contributed by atoms with Gasteiger partial charge in [-0.2, -0.15) is 5.10 Å². The second-order valence-corrected chi connectivity index (χ2v) is 6.76. The number of hydrogen-bond acceptors (Lipinski definition) is 6. The summed E-state index contributed by atoms with van der Waals surface area (Å²) in [6, 6.07) is 5.35. The molecule has 1 N–H and O–H groups in total. The van der Waals surface area contributed by atoms with Crippen LogP contribution in [0.2, 0.25) is 5.02 Å². The first kappa shape index (κ1) is 16.9. The number of piperidine rings is 1. The van der Waals surface area contributed by atoms with E-state index in [9.17, 15) is 9.59 Å². The number of aromatic amines is 1. The zero-order chi connectivity index (χ0) is 18.1. The van der Waals surface area contributed by atoms with Gasteiger partial charge in [-0.3, -0.25) is 9.59 Å². The van der Waals surface area contributed by atoms with Gasteiger partial charge < -0.3 is 14.4 Å². The predicted octanol–water partition coefficient (Wildman–Crippen LogP) is 2.29. The third-order valence-corrected chi connectivity index (χ3v) is 5.18. The molecule has 0 radical (unpaired) electrons. The molecular formula is C18H18ClN3O4. The molecule has 136 valence electrons. The fourth-order valence-electron chi connectivity index (χ4n) is 3.41. The van der Waals surface area contributed by atoms with Crippen molar-refractivity contribution in [3.05, 3.63) is 45.3 Å². The molecule has 2 aromatic rings. The van der Waals surface area contributed by atoms with Gasteiger partial charge in [0.2, 0.25) is 0 Å². The molecule has 1 saturated heterocycles. The maximum atomic E-state index is 12.8. The smallest absolute Gasteiger partial charge is 0.285 e. The molecule has 0 atom stereocenters. The van der Waals surface area contributed by atoms with Crippen molar-refractivity contribution in [1.29, 1.82) is 0 Å². The number of benzene rings is 1. The number of anilines is 1. The maximum absolute atomic E-state index is 12.8. The van der Waals surface area contributed by atoms with Gasteiger partial charge in [0, 0.05) is 24.6 Å². The third kappa shape index (κ3) is 3.14. The molecule has 4 rings (SSSR count). The summed E-state index contributed by atoms with van der Waals surface area (Å²) in [7, 11) is 0. The normalized spacial score (nSPS) is 17.2. The van der Waals surface area contributed by atoms with Crippen LogP contribution in [0, 0.1) is 5.92 Å². The number of halogens is 1. The summed E-state index contributed by atoms with van der Waals surface area (Å²) in [5.74, 6) is 1.35. The number of Topliss-reactive ketones (excluding diaryl/α,β-unsaturated/α-hetero) is 1. The Hall–Kier alpha value is -2.54. The Bertz CT molecular complexity index is 890. The van der Waals surface area contributed by atoms with Gasteiger partial charge in [-0.15, -0.1) is 0 Å². The molecule has 2 aliphatic rings. The van der Waals surface area contributed by atoms with E-state index < -0.39 is 5.56 Å². The summed E-state index contributed by atoms with van der Waals surface area (Å²) < 4.78 is 11.1. The molecule has 7 nitrogen and oxygen atoms in total. The molecule has 0 aliphatic carbocycles. The predicted molar refractivity (Wildman–Crippen MR) is 96.6 cm³/mol. The molecule has 0 unspecified atom stereocenters. The average Bonchev–Trinajstić information content (AvgIpc) is 2.69. The maximum Gasteiger partial charge on any atom is 0.285 e. The van der Waals surface area contributed by atoms with Gasteiger partial charge in [0.05, 0.1) is 11.9 Å². The summed E-state index contributed by atoms with van der Waals surface area (Å²) in [4.78, 5) is 26.4. The Balaban J connectivity index is 1.45. The highest BCUT2D eigenvalue weighted by Gasteiger charge is 2.28. The van der Waals surface area contributed by atoms with Crippen molar-refractivity contribution < 1.29 is 14.3 Å². The van der Waals surface area contributed by atoms with Gasteiger partial charge in [-0.1, -0.05) is 11.6 Å². The Morgan fingerprint density at radius 2 is 1.92 bits per heavy atom. The van der Waals surface area contributed by atoms with Crippen molar-refractivity contribution in [1.82, 2.24) is 10.2 Å². The van der Waals surface area contributed by atoms with E-state index in [0.29, 0.717) is 61.9 Å². The van der Waals surface area contributed by atoms with Gasteiger partial charge in [-0.05, 0) is 31.0 Å². The summed E-state index contributed by atoms with van der Waals surface area (Å²) in [5, 5.41) is 6.25. The minimum atomic E-state index is -0.404. The van der Waals surface area contributed by atoms with Crippen LogP contribution in [-0.2, 0) is 0 Å². The van der Waals surface area contributed by atoms with Crippen molar-refractivity contribution in [2.45, 2.75) is 12.8 Å². The second-order valence-electron chi connectivity index (χ2n) is 6.38. The number of ether oxygens (including phenoxy) is 2. The van der Waals surface area contributed by atoms with Crippen LogP contribution in [-0.4, -0.2) is 42.3 Å². The Kier molecular flexibility index (Phi) is 4.55. The number of rotatable bonds is 3. The molecule has 8 heteroatoms. The average molecular weight is 376 g/mol. The summed E-state index contributed by atoms with van der Waals surface area (Å²) in [6.07, 6.45) is 2.93. The Labute approximate surface area is 154 Å². The van der Waals surface area contributed by atoms with Crippen LogP contribution in [0.15, 0.2) is 29.2 Å². The number of hydrogen-bond donors (Lipinski definition) is 1. The monoisotopic (exact) mass is 375 g/mol. The van der Waals surface area contributed by atoms with Crippen LogP contribution in [0.3, 0.4) is 0 Å². The van der Waals surface area contributed by atoms with Crippen LogP contribution in [0.5, 0.6) is 11.5 Å². The van der Waals surface area contributed by atoms with E-state index in [1.807, 2.05) is 4.90 Å². The van der Waals surface area contributed by atoms with Crippen LogP contribution < -0.4 is 19.9 Å². The number of nitrogens with zero attached hydrogens (tertiary/aromatic N) is 2. The molecule has 0 spiro atoms. The first-order valence-corrected chi connectivity index (χ1v) is 8.93. The highest BCUT2D eigenvalue weighted by Crippen LogP contribution is 2.33. The lowest BCUT2D eigenvalue weighted by Gasteiger charge is -2.33. The van der Waals surface area contributed by atoms with Crippen molar-refractivity contribution >= 4 is 23.1 Å². The van der Waals surface area contributed by atoms with Crippen LogP contribution in [0.4, 0.5) is 5.69 Å². The van der Waals surface area contributed by atoms with Crippen molar-refractivity contribution in [3.63, 3.8) is 0 Å². The van der Waals surface area contributed by atoms with E-state index in [4.69, 9.17) is 21.1 Å². The molecule has 1 aromatic heterocycles. The molecule has 0 saturated carbocycles. The minimum absolute atomic E-state index is 0.0671. The first-order chi connectivity index (χ1) is 12.6. The van der Waals surface area contributed by atoms with Gasteiger partial charge in [0.25, 0.3) is 5.56 Å². The van der Waals surface area contributed by atoms with E-state index in [1.165, 1.54) is 0 Å². The van der Waals surface area contributed by atoms with Crippen LogP contribution in [0.1, 0.15) is 23.2 Å². The number of H-pyrrole nitrogens is 1. The van der Waals surface area contributed by atoms with Crippen molar-refractivity contribution in [3.8, 4) is 11.5 Å². The number of ketones is 1. The SMILES string of the molecule is O=C(c1ccc2c(c1)OCCO2)C1CCN(c2cn[nH]c(=O)c2Cl)CC1. The number of carbonyl (C=O) groups is 1. The number of fused-ring (bicyclic) bond motifs is 1. The Morgan fingerprint density at radius 3 is 2.69 bits per heavy atom. The van der Waals surface area contributed by atoms with Gasteiger partial charge in [-0.25, -0.2) is 5.10 Å². The third-order valence-electron chi connectivity index (χ3n) is 4.81. The molecule has 1 fully saturated rings. The number of nitrogens with one attached hydrogen (secondary N) is 1. The molecule has 2 aliphatic heterocycles. The lowest BCUT2D eigenvalue weighted by molar-refractivity contribution is 0.0899. The zero-order valence-electron chi connectivity index (χ0n) is 14.0. The second kappa shape index (κ2) is 6.99. The summed E-state index contributed by atoms with van der Waals surface area (Å²) in [5.41, 5.74) is 0.850. The molecule has 1 aromatic carbocycles. The highest BCUT2D eigenvalue weighted by atomic mass is 35.5. The molecule has 0 bridgehead atoms. The van der Waals surface area contributed by atoms with Crippen molar-refractivity contribution in [2.75, 3.05) is 31.2 Å². The van der Waals surface area contributed by atoms with E-state index >= 15 is 0 Å². The molecular weight excluding hydrogens is 358 g/mol. The van der Waals surface area contributed by atoms with Crippen molar-refractivity contribution in [2.24, 2.45) is 5.92 Å². The molecule has 3 heterocycles. The van der Waals surface area contributed by atoms with Gasteiger partial charge in [0.1, 0.15) is 18.2 Å². The number of aromatic nitrogens is 2. The van der Waals surface area contributed by atoms with Gasteiger partial charge >= 0.3 is 0 Å². The molecule has 0 amide bonds. The standard InChI is InChI=1S/C18H18ClN3O4/c19-16-13(10-20-21-18(16)24)22-5-3-11(4-6-22)17(23)12-1-2-14-15(9-12)26-8-7-25-14/h1-2,9-11H,3-8H2,(H,21,24). The topological polar surface area (TPSA) is 84.5 Å². The first-order valence-electron chi connectivity index (χ1n) is 8.55. The summed E-state index contributed by atoms with van der Waals surface area (Å²) in [6.45, 7) is 2.31. The van der Waals surface area contributed by atoms with Gasteiger partial charge in [0.15, 0.2) is 17.3 Å². The van der Waals surface area contributed by atoms with Crippen LogP contribution in [0.25, 0.3) is 0 Å². The Morgan fingerprint density at radius 1 is 1.19 bits per heavy atom. The lowest BCUT2D eigenvalue weighted by Crippen LogP contribution is -2.37. The van der Waals surface area contributed by atoms with E-state index in [2.05, 4.69) is 10.2 Å². The fourth-order valence-corrected chi connectivity index (χ4v) is 3.62. The fraction of sp³-hybridized carbons (Fsp3) is 0.389. The number of carbonyl (C=O) groups excluding carboxylic acids is 1. The quantitative estimate of drug-likeness (QED) is 0.828. The lowest BCUT2D eigenvalue weighted by atomic mass is 9.88.